The van der Waals surface area contributed by atoms with Crippen LogP contribution in [0.4, 0.5) is 8.78 Å². The Hall–Kier alpha value is -1.86. The van der Waals surface area contributed by atoms with Gasteiger partial charge in [0.15, 0.2) is 5.82 Å². The van der Waals surface area contributed by atoms with E-state index < -0.39 is 17.7 Å². The van der Waals surface area contributed by atoms with Gasteiger partial charge in [0.2, 0.25) is 0 Å². The topological polar surface area (TPSA) is 74.2 Å². The molecule has 2 N–H and O–H groups in total. The minimum absolute atomic E-state index is 0.0276. The molecule has 0 radical (unpaired) electrons. The van der Waals surface area contributed by atoms with Crippen molar-refractivity contribution in [2.24, 2.45) is 5.73 Å². The first-order valence-electron chi connectivity index (χ1n) is 5.15. The van der Waals surface area contributed by atoms with Gasteiger partial charge >= 0.3 is 0 Å². The number of halogens is 2. The first kappa shape index (κ1) is 12.6. The normalized spacial score (nSPS) is 12.7. The molecule has 18 heavy (non-hydrogen) atoms. The van der Waals surface area contributed by atoms with Gasteiger partial charge in [-0.25, -0.2) is 8.78 Å². The largest absolute Gasteiger partial charge is 0.383 e. The van der Waals surface area contributed by atoms with Gasteiger partial charge in [0.1, 0.15) is 11.6 Å². The lowest BCUT2D eigenvalue weighted by molar-refractivity contribution is 0.177. The van der Waals surface area contributed by atoms with Gasteiger partial charge in [-0.15, -0.1) is 0 Å². The molecule has 7 heteroatoms. The molecule has 1 atom stereocenters. The molecule has 1 heterocycles. The number of hydrogen-bond donors (Lipinski definition) is 1. The fourth-order valence-electron chi connectivity index (χ4n) is 1.41. The number of hydrogen-bond acceptors (Lipinski definition) is 5. The number of nitrogens with zero attached hydrogens (tertiary/aromatic N) is 2. The van der Waals surface area contributed by atoms with E-state index in [1.165, 1.54) is 13.2 Å². The van der Waals surface area contributed by atoms with Crippen molar-refractivity contribution in [3.05, 3.63) is 35.7 Å². The van der Waals surface area contributed by atoms with Crippen molar-refractivity contribution in [1.29, 1.82) is 0 Å². The molecule has 1 unspecified atom stereocenters. The summed E-state index contributed by atoms with van der Waals surface area (Å²) in [5.74, 6) is -1.29. The average Bonchev–Trinajstić information content (AvgIpc) is 2.78. The summed E-state index contributed by atoms with van der Waals surface area (Å²) in [4.78, 5) is 3.94. The highest BCUT2D eigenvalue weighted by Gasteiger charge is 2.17. The summed E-state index contributed by atoms with van der Waals surface area (Å²) in [6, 6.07) is 2.52. The minimum Gasteiger partial charge on any atom is -0.383 e. The van der Waals surface area contributed by atoms with Crippen LogP contribution < -0.4 is 5.73 Å². The molecule has 2 aromatic rings. The molecule has 0 bridgehead atoms. The summed E-state index contributed by atoms with van der Waals surface area (Å²) >= 11 is 0. The van der Waals surface area contributed by atoms with Crippen molar-refractivity contribution in [2.75, 3.05) is 13.7 Å². The Morgan fingerprint density at radius 2 is 2.22 bits per heavy atom. The van der Waals surface area contributed by atoms with E-state index in [0.29, 0.717) is 0 Å². The Labute approximate surface area is 102 Å². The summed E-state index contributed by atoms with van der Waals surface area (Å²) < 4.78 is 35.9. The Balaban J connectivity index is 2.29. The summed E-state index contributed by atoms with van der Waals surface area (Å²) in [5.41, 5.74) is 5.72. The lowest BCUT2D eigenvalue weighted by Gasteiger charge is -2.03. The molecule has 0 fully saturated rings. The number of benzene rings is 1. The number of rotatable bonds is 4. The number of aromatic nitrogens is 2. The second kappa shape index (κ2) is 5.19. The SMILES string of the molecule is COCC(N)c1noc(-c2ccc(F)cc2F)n1. The van der Waals surface area contributed by atoms with E-state index in [-0.39, 0.29) is 23.9 Å². The molecule has 0 amide bonds. The third-order valence-corrected chi connectivity index (χ3v) is 2.28. The van der Waals surface area contributed by atoms with Crippen LogP contribution in [-0.4, -0.2) is 23.9 Å². The lowest BCUT2D eigenvalue weighted by Crippen LogP contribution is -2.17. The highest BCUT2D eigenvalue weighted by molar-refractivity contribution is 5.53. The standard InChI is InChI=1S/C11H11F2N3O2/c1-17-5-9(14)10-15-11(18-16-10)7-3-2-6(12)4-8(7)13/h2-4,9H,5,14H2,1H3. The molecular formula is C11H11F2N3O2. The van der Waals surface area contributed by atoms with Gasteiger partial charge in [-0.1, -0.05) is 5.16 Å². The van der Waals surface area contributed by atoms with Crippen LogP contribution in [0.1, 0.15) is 11.9 Å². The number of nitrogens with two attached hydrogens (primary N) is 1. The van der Waals surface area contributed by atoms with Gasteiger partial charge in [-0.3, -0.25) is 0 Å². The molecule has 0 aliphatic heterocycles. The second-order valence-electron chi connectivity index (χ2n) is 3.64. The summed E-state index contributed by atoms with van der Waals surface area (Å²) in [5, 5.41) is 3.62. The van der Waals surface area contributed by atoms with Crippen LogP contribution in [0, 0.1) is 11.6 Å². The molecular weight excluding hydrogens is 244 g/mol. The Morgan fingerprint density at radius 1 is 1.44 bits per heavy atom. The van der Waals surface area contributed by atoms with Gasteiger partial charge in [0.05, 0.1) is 18.2 Å². The van der Waals surface area contributed by atoms with Crippen LogP contribution in [0.25, 0.3) is 11.5 Å². The third kappa shape index (κ3) is 2.52. The van der Waals surface area contributed by atoms with Crippen molar-refractivity contribution in [3.63, 3.8) is 0 Å². The average molecular weight is 255 g/mol. The van der Waals surface area contributed by atoms with E-state index >= 15 is 0 Å². The van der Waals surface area contributed by atoms with E-state index in [4.69, 9.17) is 15.0 Å². The van der Waals surface area contributed by atoms with Crippen molar-refractivity contribution < 1.29 is 18.0 Å². The minimum atomic E-state index is -0.773. The lowest BCUT2D eigenvalue weighted by atomic mass is 10.2. The highest BCUT2D eigenvalue weighted by atomic mass is 19.1. The van der Waals surface area contributed by atoms with Crippen LogP contribution >= 0.6 is 0 Å². The summed E-state index contributed by atoms with van der Waals surface area (Å²) in [7, 11) is 1.49. The van der Waals surface area contributed by atoms with Crippen molar-refractivity contribution in [2.45, 2.75) is 6.04 Å². The van der Waals surface area contributed by atoms with Crippen LogP contribution in [-0.2, 0) is 4.74 Å². The fourth-order valence-corrected chi connectivity index (χ4v) is 1.41. The maximum absolute atomic E-state index is 13.5. The maximum Gasteiger partial charge on any atom is 0.260 e. The summed E-state index contributed by atoms with van der Waals surface area (Å²) in [6.07, 6.45) is 0. The second-order valence-corrected chi connectivity index (χ2v) is 3.64. The molecule has 96 valence electrons. The van der Waals surface area contributed by atoms with Crippen LogP contribution in [0.3, 0.4) is 0 Å². The van der Waals surface area contributed by atoms with Crippen LogP contribution in [0.15, 0.2) is 22.7 Å². The molecule has 0 spiro atoms. The molecule has 0 aliphatic rings. The van der Waals surface area contributed by atoms with E-state index in [1.54, 1.807) is 0 Å². The van der Waals surface area contributed by atoms with Crippen LogP contribution in [0.2, 0.25) is 0 Å². The van der Waals surface area contributed by atoms with Gasteiger partial charge in [0.25, 0.3) is 5.89 Å². The molecule has 5 nitrogen and oxygen atoms in total. The monoisotopic (exact) mass is 255 g/mol. The van der Waals surface area contributed by atoms with Crippen LogP contribution in [0.5, 0.6) is 0 Å². The van der Waals surface area contributed by atoms with E-state index in [9.17, 15) is 8.78 Å². The zero-order valence-corrected chi connectivity index (χ0v) is 9.56. The van der Waals surface area contributed by atoms with E-state index in [0.717, 1.165) is 12.1 Å². The predicted octanol–water partition coefficient (Wildman–Crippen LogP) is 1.66. The molecule has 1 aromatic heterocycles. The first-order valence-corrected chi connectivity index (χ1v) is 5.15. The molecule has 0 saturated heterocycles. The number of ether oxygens (including phenoxy) is 1. The van der Waals surface area contributed by atoms with Crippen molar-refractivity contribution >= 4 is 0 Å². The molecule has 0 saturated carbocycles. The Morgan fingerprint density at radius 3 is 2.89 bits per heavy atom. The smallest absolute Gasteiger partial charge is 0.260 e. The van der Waals surface area contributed by atoms with Crippen molar-refractivity contribution in [1.82, 2.24) is 10.1 Å². The molecule has 1 aromatic carbocycles. The molecule has 2 rings (SSSR count). The van der Waals surface area contributed by atoms with Gasteiger partial charge in [0, 0.05) is 13.2 Å². The zero-order valence-electron chi connectivity index (χ0n) is 9.56. The number of methoxy groups -OCH3 is 1. The zero-order chi connectivity index (χ0) is 13.1. The fraction of sp³-hybridized carbons (Fsp3) is 0.273. The quantitative estimate of drug-likeness (QED) is 0.899. The van der Waals surface area contributed by atoms with E-state index in [1.807, 2.05) is 0 Å². The Kier molecular flexibility index (Phi) is 3.63. The predicted molar refractivity (Wildman–Crippen MR) is 58.5 cm³/mol. The summed E-state index contributed by atoms with van der Waals surface area (Å²) in [6.45, 7) is 0.213. The van der Waals surface area contributed by atoms with Gasteiger partial charge in [-0.2, -0.15) is 4.98 Å². The highest BCUT2D eigenvalue weighted by Crippen LogP contribution is 2.22. The van der Waals surface area contributed by atoms with E-state index in [2.05, 4.69) is 10.1 Å². The van der Waals surface area contributed by atoms with Gasteiger partial charge < -0.3 is 15.0 Å². The molecule has 0 aliphatic carbocycles. The first-order chi connectivity index (χ1) is 8.61. The Bertz CT molecular complexity index is 545. The third-order valence-electron chi connectivity index (χ3n) is 2.28. The maximum atomic E-state index is 13.5. The van der Waals surface area contributed by atoms with Crippen molar-refractivity contribution in [3.8, 4) is 11.5 Å². The van der Waals surface area contributed by atoms with Gasteiger partial charge in [-0.05, 0) is 12.1 Å².